The number of Topliss-reactive ketones (excluding diaryl/α,β-unsaturated/α-hetero) is 1. The minimum Gasteiger partial charge on any atom is -0.465 e. The predicted molar refractivity (Wildman–Crippen MR) is 63.7 cm³/mol. The van der Waals surface area contributed by atoms with Crippen LogP contribution in [0.15, 0.2) is 18.2 Å². The number of hydrogen-bond acceptors (Lipinski definition) is 3. The Morgan fingerprint density at radius 1 is 1.50 bits per heavy atom. The molecule has 1 aromatic carbocycles. The molecule has 1 aliphatic rings. The first kappa shape index (κ1) is 12.7. The summed E-state index contributed by atoms with van der Waals surface area (Å²) < 4.78 is 18.1. The van der Waals surface area contributed by atoms with Crippen LogP contribution in [0.2, 0.25) is 0 Å². The van der Waals surface area contributed by atoms with Gasteiger partial charge in [0, 0.05) is 5.56 Å². The van der Waals surface area contributed by atoms with Gasteiger partial charge >= 0.3 is 5.97 Å². The Labute approximate surface area is 105 Å². The first-order valence-electron chi connectivity index (χ1n) is 5.98. The maximum atomic E-state index is 13.0. The van der Waals surface area contributed by atoms with Gasteiger partial charge in [0.25, 0.3) is 0 Å². The minimum absolute atomic E-state index is 0.227. The summed E-state index contributed by atoms with van der Waals surface area (Å²) in [5.41, 5.74) is 1.02. The standard InChI is InChI=1S/C14H15FO3/c1-8(2)7-18-14(17)12-6-9-5-10(15)3-4-11(9)13(12)16/h3-5,8,12H,6-7H2,1-2H3. The highest BCUT2D eigenvalue weighted by Crippen LogP contribution is 2.28. The number of ether oxygens (including phenoxy) is 1. The van der Waals surface area contributed by atoms with E-state index >= 15 is 0 Å². The molecule has 0 saturated carbocycles. The van der Waals surface area contributed by atoms with Crippen molar-refractivity contribution in [1.29, 1.82) is 0 Å². The fourth-order valence-corrected chi connectivity index (χ4v) is 2.01. The molecule has 3 nitrogen and oxygen atoms in total. The second-order valence-corrected chi connectivity index (χ2v) is 4.95. The Hall–Kier alpha value is -1.71. The molecule has 2 rings (SSSR count). The highest BCUT2D eigenvalue weighted by molar-refractivity contribution is 6.12. The summed E-state index contributed by atoms with van der Waals surface area (Å²) in [4.78, 5) is 23.7. The van der Waals surface area contributed by atoms with Crippen molar-refractivity contribution in [2.75, 3.05) is 6.61 Å². The van der Waals surface area contributed by atoms with Crippen molar-refractivity contribution >= 4 is 11.8 Å². The number of carbonyl (C=O) groups is 2. The SMILES string of the molecule is CC(C)COC(=O)C1Cc2cc(F)ccc2C1=O. The molecule has 1 aromatic rings. The van der Waals surface area contributed by atoms with Crippen molar-refractivity contribution in [2.45, 2.75) is 20.3 Å². The molecule has 1 aliphatic carbocycles. The van der Waals surface area contributed by atoms with Crippen molar-refractivity contribution in [1.82, 2.24) is 0 Å². The van der Waals surface area contributed by atoms with Gasteiger partial charge in [0.2, 0.25) is 0 Å². The fourth-order valence-electron chi connectivity index (χ4n) is 2.01. The average molecular weight is 250 g/mol. The molecule has 0 aromatic heterocycles. The normalized spacial score (nSPS) is 18.0. The third kappa shape index (κ3) is 2.42. The molecular weight excluding hydrogens is 235 g/mol. The van der Waals surface area contributed by atoms with Crippen LogP contribution in [0.25, 0.3) is 0 Å². The second-order valence-electron chi connectivity index (χ2n) is 4.95. The van der Waals surface area contributed by atoms with E-state index in [0.717, 1.165) is 0 Å². The van der Waals surface area contributed by atoms with E-state index in [4.69, 9.17) is 4.74 Å². The third-order valence-corrected chi connectivity index (χ3v) is 2.92. The van der Waals surface area contributed by atoms with E-state index in [9.17, 15) is 14.0 Å². The average Bonchev–Trinajstić information content (AvgIpc) is 2.63. The van der Waals surface area contributed by atoms with Crippen molar-refractivity contribution in [3.05, 3.63) is 35.1 Å². The quantitative estimate of drug-likeness (QED) is 0.611. The first-order valence-corrected chi connectivity index (χ1v) is 5.98. The number of ketones is 1. The van der Waals surface area contributed by atoms with Crippen LogP contribution in [0.3, 0.4) is 0 Å². The van der Waals surface area contributed by atoms with Gasteiger partial charge in [-0.2, -0.15) is 0 Å². The number of rotatable bonds is 3. The van der Waals surface area contributed by atoms with Gasteiger partial charge in [-0.05, 0) is 36.1 Å². The number of halogens is 1. The summed E-state index contributed by atoms with van der Waals surface area (Å²) in [7, 11) is 0. The molecule has 0 heterocycles. The molecular formula is C14H15FO3. The minimum atomic E-state index is -0.805. The largest absolute Gasteiger partial charge is 0.465 e. The summed E-state index contributed by atoms with van der Waals surface area (Å²) in [6.07, 6.45) is 0.239. The molecule has 1 unspecified atom stereocenters. The number of carbonyl (C=O) groups excluding carboxylic acids is 2. The Morgan fingerprint density at radius 3 is 2.89 bits per heavy atom. The highest BCUT2D eigenvalue weighted by Gasteiger charge is 2.37. The van der Waals surface area contributed by atoms with Crippen LogP contribution in [-0.2, 0) is 16.0 Å². The predicted octanol–water partition coefficient (Wildman–Crippen LogP) is 2.38. The monoisotopic (exact) mass is 250 g/mol. The lowest BCUT2D eigenvalue weighted by Crippen LogP contribution is -2.24. The zero-order valence-electron chi connectivity index (χ0n) is 10.4. The Balaban J connectivity index is 2.11. The van der Waals surface area contributed by atoms with E-state index in [2.05, 4.69) is 0 Å². The maximum Gasteiger partial charge on any atom is 0.317 e. The van der Waals surface area contributed by atoms with Gasteiger partial charge in [0.1, 0.15) is 11.7 Å². The van der Waals surface area contributed by atoms with Crippen LogP contribution in [0, 0.1) is 17.7 Å². The highest BCUT2D eigenvalue weighted by atomic mass is 19.1. The smallest absolute Gasteiger partial charge is 0.317 e. The number of esters is 1. The van der Waals surface area contributed by atoms with Crippen LogP contribution in [-0.4, -0.2) is 18.4 Å². The van der Waals surface area contributed by atoms with E-state index in [1.807, 2.05) is 13.8 Å². The molecule has 0 radical (unpaired) electrons. The second kappa shape index (κ2) is 4.88. The van der Waals surface area contributed by atoms with Crippen molar-refractivity contribution in [3.8, 4) is 0 Å². The summed E-state index contributed by atoms with van der Waals surface area (Å²) in [5, 5.41) is 0. The molecule has 0 amide bonds. The van der Waals surface area contributed by atoms with E-state index in [1.165, 1.54) is 18.2 Å². The first-order chi connectivity index (χ1) is 8.49. The van der Waals surface area contributed by atoms with Crippen molar-refractivity contribution in [3.63, 3.8) is 0 Å². The van der Waals surface area contributed by atoms with Crippen LogP contribution >= 0.6 is 0 Å². The molecule has 0 fully saturated rings. The number of hydrogen-bond donors (Lipinski definition) is 0. The summed E-state index contributed by atoms with van der Waals surface area (Å²) >= 11 is 0. The van der Waals surface area contributed by atoms with Gasteiger partial charge in [-0.25, -0.2) is 4.39 Å². The molecule has 0 aliphatic heterocycles. The summed E-state index contributed by atoms with van der Waals surface area (Å²) in [5.74, 6) is -1.74. The van der Waals surface area contributed by atoms with E-state index < -0.39 is 17.7 Å². The Kier molecular flexibility index (Phi) is 3.45. The van der Waals surface area contributed by atoms with Gasteiger partial charge in [0.05, 0.1) is 6.61 Å². The maximum absolute atomic E-state index is 13.0. The van der Waals surface area contributed by atoms with E-state index in [0.29, 0.717) is 17.7 Å². The molecule has 0 bridgehead atoms. The lowest BCUT2D eigenvalue weighted by Gasteiger charge is -2.10. The lowest BCUT2D eigenvalue weighted by molar-refractivity contribution is -0.147. The van der Waals surface area contributed by atoms with E-state index in [-0.39, 0.29) is 18.1 Å². The molecule has 1 atom stereocenters. The molecule has 0 N–H and O–H groups in total. The van der Waals surface area contributed by atoms with E-state index in [1.54, 1.807) is 0 Å². The zero-order valence-corrected chi connectivity index (χ0v) is 10.4. The number of fused-ring (bicyclic) bond motifs is 1. The summed E-state index contributed by atoms with van der Waals surface area (Å²) in [6.45, 7) is 4.15. The van der Waals surface area contributed by atoms with Gasteiger partial charge < -0.3 is 4.74 Å². The molecule has 4 heteroatoms. The molecule has 0 spiro atoms. The van der Waals surface area contributed by atoms with Crippen LogP contribution < -0.4 is 0 Å². The van der Waals surface area contributed by atoms with Gasteiger partial charge in [-0.3, -0.25) is 9.59 Å². The molecule has 0 saturated heterocycles. The fraction of sp³-hybridized carbons (Fsp3) is 0.429. The van der Waals surface area contributed by atoms with Gasteiger partial charge in [0.15, 0.2) is 5.78 Å². The van der Waals surface area contributed by atoms with Crippen molar-refractivity contribution in [2.24, 2.45) is 11.8 Å². The third-order valence-electron chi connectivity index (χ3n) is 2.92. The van der Waals surface area contributed by atoms with Crippen LogP contribution in [0.5, 0.6) is 0 Å². The summed E-state index contributed by atoms with van der Waals surface area (Å²) in [6, 6.07) is 3.98. The molecule has 96 valence electrons. The topological polar surface area (TPSA) is 43.4 Å². The Bertz CT molecular complexity index is 494. The van der Waals surface area contributed by atoms with Gasteiger partial charge in [-0.15, -0.1) is 0 Å². The number of benzene rings is 1. The molecule has 18 heavy (non-hydrogen) atoms. The van der Waals surface area contributed by atoms with Crippen LogP contribution in [0.4, 0.5) is 4.39 Å². The zero-order chi connectivity index (χ0) is 13.3. The Morgan fingerprint density at radius 2 is 2.22 bits per heavy atom. The van der Waals surface area contributed by atoms with Gasteiger partial charge in [-0.1, -0.05) is 13.8 Å². The van der Waals surface area contributed by atoms with Crippen LogP contribution in [0.1, 0.15) is 29.8 Å². The lowest BCUT2D eigenvalue weighted by atomic mass is 10.1. The van der Waals surface area contributed by atoms with Crippen molar-refractivity contribution < 1.29 is 18.7 Å².